The molecular weight excluding hydrogens is 342 g/mol. The van der Waals surface area contributed by atoms with Crippen LogP contribution in [-0.2, 0) is 4.79 Å². The maximum absolute atomic E-state index is 12.2. The van der Waals surface area contributed by atoms with Crippen molar-refractivity contribution in [2.75, 3.05) is 29.9 Å². The number of amides is 1. The van der Waals surface area contributed by atoms with Gasteiger partial charge in [0.2, 0.25) is 5.91 Å². The van der Waals surface area contributed by atoms with E-state index in [4.69, 9.17) is 0 Å². The molecule has 1 aromatic rings. The first-order chi connectivity index (χ1) is 13.0. The van der Waals surface area contributed by atoms with E-state index in [0.717, 1.165) is 64.5 Å². The van der Waals surface area contributed by atoms with Crippen molar-refractivity contribution in [2.24, 2.45) is 11.8 Å². The summed E-state index contributed by atoms with van der Waals surface area (Å²) in [7, 11) is 0. The van der Waals surface area contributed by atoms with E-state index < -0.39 is 0 Å². The second-order valence-electron chi connectivity index (χ2n) is 8.25. The highest BCUT2D eigenvalue weighted by Crippen LogP contribution is 2.31. The van der Waals surface area contributed by atoms with Gasteiger partial charge in [-0.2, -0.15) is 0 Å². The van der Waals surface area contributed by atoms with Crippen molar-refractivity contribution < 1.29 is 4.79 Å². The molecule has 2 aliphatic rings. The van der Waals surface area contributed by atoms with Crippen LogP contribution in [0.3, 0.4) is 0 Å². The Bertz CT molecular complexity index is 705. The first kappa shape index (κ1) is 19.9. The number of nitrogens with zero attached hydrogens (tertiary/aromatic N) is 1. The molecule has 1 amide bonds. The molecule has 0 spiro atoms. The lowest BCUT2D eigenvalue weighted by atomic mass is 9.81. The van der Waals surface area contributed by atoms with Gasteiger partial charge in [-0.05, 0) is 57.3 Å². The molecule has 0 unspecified atom stereocenters. The molecule has 2 fully saturated rings. The van der Waals surface area contributed by atoms with Gasteiger partial charge in [-0.25, -0.2) is 0 Å². The van der Waals surface area contributed by atoms with Gasteiger partial charge in [-0.1, -0.05) is 13.8 Å². The third-order valence-corrected chi connectivity index (χ3v) is 5.90. The summed E-state index contributed by atoms with van der Waals surface area (Å²) in [5.74, 6) is 0.828. The van der Waals surface area contributed by atoms with Crippen LogP contribution in [0.1, 0.15) is 65.2 Å². The maximum atomic E-state index is 12.2. The number of hydrogen-bond donors (Lipinski definition) is 2. The van der Waals surface area contributed by atoms with Crippen LogP contribution < -0.4 is 26.4 Å². The fraction of sp³-hybridized carbons (Fsp3) is 0.762. The average molecular weight is 376 g/mol. The van der Waals surface area contributed by atoms with Crippen molar-refractivity contribution in [3.63, 3.8) is 0 Å². The van der Waals surface area contributed by atoms with Gasteiger partial charge in [0.25, 0.3) is 10.9 Å². The zero-order chi connectivity index (χ0) is 19.4. The summed E-state index contributed by atoms with van der Waals surface area (Å²) in [6.45, 7) is 6.47. The van der Waals surface area contributed by atoms with E-state index in [9.17, 15) is 14.4 Å². The fourth-order valence-electron chi connectivity index (χ4n) is 4.14. The summed E-state index contributed by atoms with van der Waals surface area (Å²) < 4.78 is 0. The summed E-state index contributed by atoms with van der Waals surface area (Å²) in [4.78, 5) is 38.4. The Morgan fingerprint density at radius 3 is 2.15 bits per heavy atom. The molecule has 150 valence electrons. The Morgan fingerprint density at radius 2 is 1.59 bits per heavy atom. The lowest BCUT2D eigenvalue weighted by Crippen LogP contribution is -2.44. The summed E-state index contributed by atoms with van der Waals surface area (Å²) in [6.07, 6.45) is 7.98. The summed E-state index contributed by atoms with van der Waals surface area (Å²) in [5.41, 5.74) is 0.372. The lowest BCUT2D eigenvalue weighted by Gasteiger charge is -2.30. The molecule has 0 bridgehead atoms. The first-order valence-corrected chi connectivity index (χ1v) is 10.7. The highest BCUT2D eigenvalue weighted by Gasteiger charge is 2.31. The van der Waals surface area contributed by atoms with Gasteiger partial charge >= 0.3 is 0 Å². The Balaban J connectivity index is 1.50. The first-order valence-electron chi connectivity index (χ1n) is 10.7. The van der Waals surface area contributed by atoms with Crippen LogP contribution in [0, 0.1) is 11.8 Å². The molecule has 6 nitrogen and oxygen atoms in total. The van der Waals surface area contributed by atoms with Crippen LogP contribution in [0.25, 0.3) is 0 Å². The van der Waals surface area contributed by atoms with Gasteiger partial charge < -0.3 is 15.5 Å². The number of hydrogen-bond acceptors (Lipinski definition) is 5. The van der Waals surface area contributed by atoms with Crippen molar-refractivity contribution in [1.82, 2.24) is 5.32 Å². The lowest BCUT2D eigenvalue weighted by molar-refractivity contribution is -0.126. The molecule has 0 saturated heterocycles. The molecule has 0 radical (unpaired) electrons. The molecule has 3 rings (SSSR count). The average Bonchev–Trinajstić information content (AvgIpc) is 3.48. The largest absolute Gasteiger partial charge is 0.380 e. The normalized spacial score (nSPS) is 22.6. The van der Waals surface area contributed by atoms with E-state index in [1.165, 1.54) is 0 Å². The predicted octanol–water partition coefficient (Wildman–Crippen LogP) is 2.41. The van der Waals surface area contributed by atoms with Gasteiger partial charge in [-0.15, -0.1) is 0 Å². The Labute approximate surface area is 161 Å². The second kappa shape index (κ2) is 8.89. The number of rotatable bonds is 10. The predicted molar refractivity (Wildman–Crippen MR) is 109 cm³/mol. The third-order valence-electron chi connectivity index (χ3n) is 5.90. The van der Waals surface area contributed by atoms with Crippen LogP contribution >= 0.6 is 0 Å². The van der Waals surface area contributed by atoms with Crippen molar-refractivity contribution in [1.29, 1.82) is 0 Å². The smallest absolute Gasteiger partial charge is 0.253 e. The quantitative estimate of drug-likeness (QED) is 0.614. The molecule has 0 aliphatic heterocycles. The minimum Gasteiger partial charge on any atom is -0.380 e. The molecule has 0 aromatic heterocycles. The Kier molecular flexibility index (Phi) is 6.55. The standard InChI is InChI=1S/C21H33N3O3/c1-3-11-24(12-4-2)18-17(19(25)20(18)26)22-13-14-5-7-15(8-6-14)21(27)23-16-9-10-16/h14-16,22H,3-13H2,1-2H3,(H,23,27). The van der Waals surface area contributed by atoms with Crippen molar-refractivity contribution >= 4 is 17.3 Å². The van der Waals surface area contributed by atoms with Crippen LogP contribution in [0.2, 0.25) is 0 Å². The molecular formula is C21H33N3O3. The fourth-order valence-corrected chi connectivity index (χ4v) is 4.14. The highest BCUT2D eigenvalue weighted by atomic mass is 16.2. The molecule has 27 heavy (non-hydrogen) atoms. The molecule has 0 heterocycles. The van der Waals surface area contributed by atoms with Crippen LogP contribution in [0.15, 0.2) is 9.59 Å². The minimum absolute atomic E-state index is 0.146. The van der Waals surface area contributed by atoms with E-state index in [0.29, 0.717) is 29.9 Å². The molecule has 2 N–H and O–H groups in total. The number of carbonyl (C=O) groups excluding carboxylic acids is 1. The summed E-state index contributed by atoms with van der Waals surface area (Å²) in [5, 5.41) is 6.38. The number of carbonyl (C=O) groups is 1. The molecule has 0 atom stereocenters. The molecule has 1 aromatic carbocycles. The van der Waals surface area contributed by atoms with Gasteiger partial charge in [-0.3, -0.25) is 14.4 Å². The summed E-state index contributed by atoms with van der Waals surface area (Å²) >= 11 is 0. The minimum atomic E-state index is -0.375. The zero-order valence-corrected chi connectivity index (χ0v) is 16.7. The third kappa shape index (κ3) is 4.71. The van der Waals surface area contributed by atoms with Crippen LogP contribution in [-0.4, -0.2) is 31.6 Å². The van der Waals surface area contributed by atoms with Gasteiger partial charge in [0.05, 0.1) is 0 Å². The molecule has 2 saturated carbocycles. The maximum Gasteiger partial charge on any atom is 0.253 e. The van der Waals surface area contributed by atoms with Crippen molar-refractivity contribution in [3.05, 3.63) is 20.4 Å². The molecule has 6 heteroatoms. The van der Waals surface area contributed by atoms with E-state index in [2.05, 4.69) is 24.5 Å². The SMILES string of the molecule is CCCN(CCC)c1c(NCC2CCC(C(=O)NC3CC3)CC2)c(=O)c1=O. The van der Waals surface area contributed by atoms with Gasteiger partial charge in [0.1, 0.15) is 11.4 Å². The topological polar surface area (TPSA) is 78.5 Å². The Morgan fingerprint density at radius 1 is 0.963 bits per heavy atom. The van der Waals surface area contributed by atoms with E-state index in [1.807, 2.05) is 4.90 Å². The van der Waals surface area contributed by atoms with Gasteiger partial charge in [0.15, 0.2) is 0 Å². The van der Waals surface area contributed by atoms with Crippen LogP contribution in [0.5, 0.6) is 0 Å². The number of anilines is 2. The zero-order valence-electron chi connectivity index (χ0n) is 16.7. The van der Waals surface area contributed by atoms with Crippen LogP contribution in [0.4, 0.5) is 11.4 Å². The van der Waals surface area contributed by atoms with Gasteiger partial charge in [0, 0.05) is 31.6 Å². The van der Waals surface area contributed by atoms with E-state index >= 15 is 0 Å². The second-order valence-corrected chi connectivity index (χ2v) is 8.25. The van der Waals surface area contributed by atoms with E-state index in [-0.39, 0.29) is 22.7 Å². The van der Waals surface area contributed by atoms with Crippen molar-refractivity contribution in [2.45, 2.75) is 71.3 Å². The van der Waals surface area contributed by atoms with E-state index in [1.54, 1.807) is 0 Å². The monoisotopic (exact) mass is 375 g/mol. The Hall–Kier alpha value is -1.85. The molecule has 2 aliphatic carbocycles. The summed E-state index contributed by atoms with van der Waals surface area (Å²) in [6, 6.07) is 0.429. The van der Waals surface area contributed by atoms with Crippen molar-refractivity contribution in [3.8, 4) is 0 Å². The highest BCUT2D eigenvalue weighted by molar-refractivity contribution is 5.79. The number of nitrogens with one attached hydrogen (secondary N) is 2.